The second kappa shape index (κ2) is 7.38. The van der Waals surface area contributed by atoms with Crippen molar-refractivity contribution in [2.24, 2.45) is 13.0 Å². The van der Waals surface area contributed by atoms with Gasteiger partial charge in [0.2, 0.25) is 0 Å². The molecule has 0 bridgehead atoms. The molecule has 1 unspecified atom stereocenters. The molecule has 114 valence electrons. The molecule has 0 spiro atoms. The van der Waals surface area contributed by atoms with Crippen LogP contribution in [-0.4, -0.2) is 27.3 Å². The predicted octanol–water partition coefficient (Wildman–Crippen LogP) is 2.46. The Kier molecular flexibility index (Phi) is 6.13. The van der Waals surface area contributed by atoms with Crippen molar-refractivity contribution in [2.45, 2.75) is 53.0 Å². The van der Waals surface area contributed by atoms with Crippen LogP contribution in [0, 0.1) is 16.0 Å². The van der Waals surface area contributed by atoms with Gasteiger partial charge in [-0.2, -0.15) is 5.10 Å². The molecule has 0 saturated carbocycles. The fourth-order valence-corrected chi connectivity index (χ4v) is 2.62. The molecular formula is C14H26N4O2. The fourth-order valence-electron chi connectivity index (χ4n) is 2.62. The van der Waals surface area contributed by atoms with E-state index in [0.717, 1.165) is 18.7 Å². The summed E-state index contributed by atoms with van der Waals surface area (Å²) >= 11 is 0. The quantitative estimate of drug-likeness (QED) is 0.587. The smallest absolute Gasteiger partial charge is 0.313 e. The second-order valence-electron chi connectivity index (χ2n) is 5.56. The van der Waals surface area contributed by atoms with E-state index in [1.54, 1.807) is 11.7 Å². The molecule has 0 aliphatic carbocycles. The average Bonchev–Trinajstić information content (AvgIpc) is 2.65. The maximum absolute atomic E-state index is 11.3. The number of likely N-dealkylation sites (N-methyl/N-ethyl adjacent to an activating group) is 1. The summed E-state index contributed by atoms with van der Waals surface area (Å²) in [6.45, 7) is 9.15. The molecule has 6 heteroatoms. The summed E-state index contributed by atoms with van der Waals surface area (Å²) in [5.41, 5.74) is 1.49. The molecule has 20 heavy (non-hydrogen) atoms. The summed E-state index contributed by atoms with van der Waals surface area (Å²) in [6.07, 6.45) is 2.23. The molecule has 1 aromatic heterocycles. The molecule has 0 aromatic carbocycles. The van der Waals surface area contributed by atoms with Gasteiger partial charge in [0.05, 0.1) is 4.92 Å². The first-order valence-corrected chi connectivity index (χ1v) is 7.33. The largest absolute Gasteiger partial charge is 0.314 e. The Balaban J connectivity index is 3.04. The number of hydrogen-bond acceptors (Lipinski definition) is 4. The number of aromatic nitrogens is 2. The normalized spacial score (nSPS) is 12.9. The van der Waals surface area contributed by atoms with Gasteiger partial charge in [0, 0.05) is 19.5 Å². The summed E-state index contributed by atoms with van der Waals surface area (Å²) in [7, 11) is 1.79. The second-order valence-corrected chi connectivity index (χ2v) is 5.56. The number of hydrogen-bond donors (Lipinski definition) is 1. The Morgan fingerprint density at radius 1 is 1.40 bits per heavy atom. The monoisotopic (exact) mass is 282 g/mol. The molecule has 0 fully saturated rings. The number of rotatable bonds is 8. The fraction of sp³-hybridized carbons (Fsp3) is 0.786. The van der Waals surface area contributed by atoms with Crippen LogP contribution in [0.5, 0.6) is 0 Å². The third-order valence-electron chi connectivity index (χ3n) is 3.41. The predicted molar refractivity (Wildman–Crippen MR) is 79.9 cm³/mol. The molecule has 0 aliphatic rings. The van der Waals surface area contributed by atoms with Crippen molar-refractivity contribution < 1.29 is 4.92 Å². The lowest BCUT2D eigenvalue weighted by Gasteiger charge is -2.19. The van der Waals surface area contributed by atoms with Crippen LogP contribution >= 0.6 is 0 Å². The molecule has 1 atom stereocenters. The lowest BCUT2D eigenvalue weighted by molar-refractivity contribution is -0.386. The molecule has 1 aromatic rings. The number of nitrogens with zero attached hydrogens (tertiary/aromatic N) is 3. The number of nitrogens with one attached hydrogen (secondary N) is 1. The molecule has 1 N–H and O–H groups in total. The van der Waals surface area contributed by atoms with E-state index in [4.69, 9.17) is 0 Å². The Morgan fingerprint density at radius 2 is 2.05 bits per heavy atom. The highest BCUT2D eigenvalue weighted by Gasteiger charge is 2.27. The highest BCUT2D eigenvalue weighted by molar-refractivity contribution is 5.41. The molecule has 0 amide bonds. The van der Waals surface area contributed by atoms with E-state index in [2.05, 4.69) is 31.2 Å². The summed E-state index contributed by atoms with van der Waals surface area (Å²) < 4.78 is 1.67. The van der Waals surface area contributed by atoms with E-state index < -0.39 is 0 Å². The third-order valence-corrected chi connectivity index (χ3v) is 3.41. The molecule has 6 nitrogen and oxygen atoms in total. The Bertz CT molecular complexity index is 454. The molecule has 1 rings (SSSR count). The van der Waals surface area contributed by atoms with Crippen molar-refractivity contribution in [3.63, 3.8) is 0 Å². The summed E-state index contributed by atoms with van der Waals surface area (Å²) in [4.78, 5) is 11.0. The van der Waals surface area contributed by atoms with Gasteiger partial charge in [-0.1, -0.05) is 27.7 Å². The van der Waals surface area contributed by atoms with Crippen LogP contribution in [0.4, 0.5) is 5.69 Å². The van der Waals surface area contributed by atoms with E-state index in [1.807, 2.05) is 6.92 Å². The maximum Gasteiger partial charge on any atom is 0.313 e. The van der Waals surface area contributed by atoms with Crippen LogP contribution in [0.25, 0.3) is 0 Å². The topological polar surface area (TPSA) is 73.0 Å². The van der Waals surface area contributed by atoms with Crippen LogP contribution in [0.3, 0.4) is 0 Å². The standard InChI is InChI=1S/C14H26N4O2/c1-6-12-14(18(19)20)13(17(5)16-12)9-11(15-7-2)8-10(3)4/h10-11,15H,6-9H2,1-5H3. The van der Waals surface area contributed by atoms with Crippen LogP contribution in [0.2, 0.25) is 0 Å². The minimum Gasteiger partial charge on any atom is -0.314 e. The van der Waals surface area contributed by atoms with Crippen LogP contribution in [-0.2, 0) is 19.9 Å². The van der Waals surface area contributed by atoms with Crippen molar-refractivity contribution >= 4 is 5.69 Å². The molecule has 0 aliphatic heterocycles. The summed E-state index contributed by atoms with van der Waals surface area (Å²) in [6, 6.07) is 0.249. The third kappa shape index (κ3) is 4.03. The van der Waals surface area contributed by atoms with Gasteiger partial charge >= 0.3 is 5.69 Å². The minimum atomic E-state index is -0.292. The van der Waals surface area contributed by atoms with E-state index in [9.17, 15) is 10.1 Å². The van der Waals surface area contributed by atoms with Crippen molar-refractivity contribution in [2.75, 3.05) is 6.54 Å². The van der Waals surface area contributed by atoms with Gasteiger partial charge in [-0.05, 0) is 25.3 Å². The lowest BCUT2D eigenvalue weighted by atomic mass is 9.99. The molecule has 1 heterocycles. The van der Waals surface area contributed by atoms with Gasteiger partial charge in [0.25, 0.3) is 0 Å². The number of nitro groups is 1. The Labute approximate surface area is 120 Å². The van der Waals surface area contributed by atoms with Crippen molar-refractivity contribution in [1.29, 1.82) is 0 Å². The van der Waals surface area contributed by atoms with Gasteiger partial charge in [-0.25, -0.2) is 0 Å². The van der Waals surface area contributed by atoms with E-state index in [-0.39, 0.29) is 16.7 Å². The summed E-state index contributed by atoms with van der Waals surface area (Å²) in [5, 5.41) is 19.0. The van der Waals surface area contributed by atoms with Gasteiger partial charge in [-0.3, -0.25) is 14.8 Å². The SMILES string of the molecule is CCNC(Cc1c([N+](=O)[O-])c(CC)nn1C)CC(C)C. The van der Waals surface area contributed by atoms with Crippen LogP contribution < -0.4 is 5.32 Å². The van der Waals surface area contributed by atoms with E-state index in [1.165, 1.54) is 0 Å². The highest BCUT2D eigenvalue weighted by atomic mass is 16.6. The summed E-state index contributed by atoms with van der Waals surface area (Å²) in [5.74, 6) is 0.553. The van der Waals surface area contributed by atoms with Crippen LogP contribution in [0.15, 0.2) is 0 Å². The molecule has 0 radical (unpaired) electrons. The number of aryl methyl sites for hydroxylation is 2. The van der Waals surface area contributed by atoms with Gasteiger partial charge < -0.3 is 5.32 Å². The van der Waals surface area contributed by atoms with Crippen molar-refractivity contribution in [3.8, 4) is 0 Å². The highest BCUT2D eigenvalue weighted by Crippen LogP contribution is 2.25. The minimum absolute atomic E-state index is 0.196. The first-order valence-electron chi connectivity index (χ1n) is 7.33. The first kappa shape index (κ1) is 16.6. The van der Waals surface area contributed by atoms with Crippen molar-refractivity contribution in [3.05, 3.63) is 21.5 Å². The molecule has 0 saturated heterocycles. The van der Waals surface area contributed by atoms with E-state index >= 15 is 0 Å². The Hall–Kier alpha value is -1.43. The lowest BCUT2D eigenvalue weighted by Crippen LogP contribution is -2.33. The maximum atomic E-state index is 11.3. The Morgan fingerprint density at radius 3 is 2.50 bits per heavy atom. The average molecular weight is 282 g/mol. The zero-order chi connectivity index (χ0) is 15.3. The van der Waals surface area contributed by atoms with Gasteiger partial charge in [-0.15, -0.1) is 0 Å². The van der Waals surface area contributed by atoms with Gasteiger partial charge in [0.15, 0.2) is 0 Å². The first-order chi connectivity index (χ1) is 9.40. The molecular weight excluding hydrogens is 256 g/mol. The van der Waals surface area contributed by atoms with Crippen molar-refractivity contribution in [1.82, 2.24) is 15.1 Å². The van der Waals surface area contributed by atoms with E-state index in [0.29, 0.717) is 24.5 Å². The zero-order valence-electron chi connectivity index (χ0n) is 13.1. The van der Waals surface area contributed by atoms with Gasteiger partial charge in [0.1, 0.15) is 11.4 Å². The van der Waals surface area contributed by atoms with Crippen LogP contribution in [0.1, 0.15) is 45.5 Å². The zero-order valence-corrected chi connectivity index (χ0v) is 13.1.